The Labute approximate surface area is 145 Å². The van der Waals surface area contributed by atoms with E-state index in [0.29, 0.717) is 11.4 Å². The van der Waals surface area contributed by atoms with Crippen LogP contribution in [0.4, 0.5) is 10.6 Å². The molecule has 1 fully saturated rings. The zero-order chi connectivity index (χ0) is 17.2. The van der Waals surface area contributed by atoms with Crippen molar-refractivity contribution >= 4 is 22.8 Å². The number of nitriles is 1. The van der Waals surface area contributed by atoms with Crippen molar-refractivity contribution in [2.24, 2.45) is 0 Å². The van der Waals surface area contributed by atoms with Crippen LogP contribution in [-0.4, -0.2) is 34.2 Å². The van der Waals surface area contributed by atoms with Crippen LogP contribution in [0, 0.1) is 11.3 Å². The summed E-state index contributed by atoms with van der Waals surface area (Å²) >= 11 is 0. The lowest BCUT2D eigenvalue weighted by atomic mass is 10.0. The molecule has 4 rings (SSSR count). The first kappa shape index (κ1) is 15.2. The van der Waals surface area contributed by atoms with E-state index in [1.807, 2.05) is 41.3 Å². The maximum absolute atomic E-state index is 12.2. The minimum absolute atomic E-state index is 0.100. The number of aromatic nitrogens is 2. The number of amides is 2. The molecule has 25 heavy (non-hydrogen) atoms. The van der Waals surface area contributed by atoms with E-state index < -0.39 is 0 Å². The van der Waals surface area contributed by atoms with Crippen molar-refractivity contribution in [3.05, 3.63) is 48.0 Å². The molecular weight excluding hydrogens is 314 g/mol. The molecule has 2 N–H and O–H groups in total. The van der Waals surface area contributed by atoms with Crippen LogP contribution in [0.25, 0.3) is 22.0 Å². The third kappa shape index (κ3) is 2.92. The molecule has 0 atom stereocenters. The van der Waals surface area contributed by atoms with Crippen LogP contribution in [0.3, 0.4) is 0 Å². The quantitative estimate of drug-likeness (QED) is 0.750. The molecule has 6 heteroatoms. The predicted octanol–water partition coefficient (Wildman–Crippen LogP) is 3.73. The Balaban J connectivity index is 1.62. The summed E-state index contributed by atoms with van der Waals surface area (Å²) in [5.41, 5.74) is 3.43. The molecule has 2 amide bonds. The summed E-state index contributed by atoms with van der Waals surface area (Å²) in [4.78, 5) is 14.1. The van der Waals surface area contributed by atoms with Crippen LogP contribution < -0.4 is 5.32 Å². The highest BCUT2D eigenvalue weighted by Gasteiger charge is 2.19. The van der Waals surface area contributed by atoms with Crippen LogP contribution in [0.1, 0.15) is 18.4 Å². The number of hydrogen-bond donors (Lipinski definition) is 2. The topological polar surface area (TPSA) is 84.8 Å². The normalized spacial score (nSPS) is 13.8. The number of rotatable bonds is 2. The van der Waals surface area contributed by atoms with E-state index >= 15 is 0 Å². The first-order valence-corrected chi connectivity index (χ1v) is 8.29. The number of benzene rings is 2. The fourth-order valence-corrected chi connectivity index (χ4v) is 3.16. The van der Waals surface area contributed by atoms with Gasteiger partial charge in [0.2, 0.25) is 0 Å². The van der Waals surface area contributed by atoms with Gasteiger partial charge in [-0.3, -0.25) is 10.4 Å². The second-order valence-electron chi connectivity index (χ2n) is 6.15. The van der Waals surface area contributed by atoms with E-state index in [0.717, 1.165) is 48.0 Å². The SMILES string of the molecule is N#Cc1cccc(-c2ccc3c(NC(=O)N4CCCC4)n[nH]c3c2)c1. The van der Waals surface area contributed by atoms with E-state index in [2.05, 4.69) is 21.6 Å². The Morgan fingerprint density at radius 1 is 1.16 bits per heavy atom. The van der Waals surface area contributed by atoms with Gasteiger partial charge in [0.25, 0.3) is 0 Å². The van der Waals surface area contributed by atoms with Crippen molar-refractivity contribution < 1.29 is 4.79 Å². The molecule has 124 valence electrons. The number of H-pyrrole nitrogens is 1. The highest BCUT2D eigenvalue weighted by atomic mass is 16.2. The maximum atomic E-state index is 12.2. The van der Waals surface area contributed by atoms with Gasteiger partial charge in [0, 0.05) is 18.5 Å². The molecule has 0 spiro atoms. The first-order chi connectivity index (χ1) is 12.2. The average molecular weight is 331 g/mol. The lowest BCUT2D eigenvalue weighted by molar-refractivity contribution is 0.222. The standard InChI is InChI=1S/C19H17N5O/c20-12-13-4-3-5-14(10-13)15-6-7-16-17(11-15)22-23-18(16)21-19(25)24-8-1-2-9-24/h3-7,10-11H,1-2,8-9H2,(H2,21,22,23,25). The Morgan fingerprint density at radius 3 is 2.76 bits per heavy atom. The largest absolute Gasteiger partial charge is 0.324 e. The fraction of sp³-hybridized carbons (Fsp3) is 0.211. The van der Waals surface area contributed by atoms with E-state index in [1.165, 1.54) is 0 Å². The number of nitrogens with zero attached hydrogens (tertiary/aromatic N) is 3. The van der Waals surface area contributed by atoms with E-state index in [-0.39, 0.29) is 6.03 Å². The van der Waals surface area contributed by atoms with Gasteiger partial charge in [-0.2, -0.15) is 10.4 Å². The van der Waals surface area contributed by atoms with Crippen LogP contribution in [0.5, 0.6) is 0 Å². The zero-order valence-electron chi connectivity index (χ0n) is 13.6. The van der Waals surface area contributed by atoms with Gasteiger partial charge in [-0.1, -0.05) is 18.2 Å². The summed E-state index contributed by atoms with van der Waals surface area (Å²) in [7, 11) is 0. The number of anilines is 1. The lowest BCUT2D eigenvalue weighted by Crippen LogP contribution is -2.32. The molecule has 6 nitrogen and oxygen atoms in total. The number of likely N-dealkylation sites (tertiary alicyclic amines) is 1. The number of aromatic amines is 1. The second kappa shape index (κ2) is 6.29. The van der Waals surface area contributed by atoms with Crippen molar-refractivity contribution in [2.45, 2.75) is 12.8 Å². The molecule has 0 radical (unpaired) electrons. The number of carbonyl (C=O) groups excluding carboxylic acids is 1. The van der Waals surface area contributed by atoms with Crippen LogP contribution in [0.15, 0.2) is 42.5 Å². The predicted molar refractivity (Wildman–Crippen MR) is 96.1 cm³/mol. The monoisotopic (exact) mass is 331 g/mol. The van der Waals surface area contributed by atoms with Gasteiger partial charge in [0.1, 0.15) is 0 Å². The zero-order valence-corrected chi connectivity index (χ0v) is 13.6. The number of nitrogens with one attached hydrogen (secondary N) is 2. The third-order valence-electron chi connectivity index (χ3n) is 4.51. The van der Waals surface area contributed by atoms with Gasteiger partial charge in [-0.05, 0) is 48.2 Å². The molecule has 0 saturated carbocycles. The Kier molecular flexibility index (Phi) is 3.82. The molecule has 2 aromatic carbocycles. The smallest absolute Gasteiger partial charge is 0.323 e. The molecular formula is C19H17N5O. The van der Waals surface area contributed by atoms with Gasteiger partial charge >= 0.3 is 6.03 Å². The minimum atomic E-state index is -0.100. The van der Waals surface area contributed by atoms with Gasteiger partial charge in [-0.15, -0.1) is 0 Å². The highest BCUT2D eigenvalue weighted by molar-refractivity contribution is 6.00. The third-order valence-corrected chi connectivity index (χ3v) is 4.51. The Morgan fingerprint density at radius 2 is 1.96 bits per heavy atom. The number of urea groups is 1. The first-order valence-electron chi connectivity index (χ1n) is 8.29. The Hall–Kier alpha value is -3.33. The summed E-state index contributed by atoms with van der Waals surface area (Å²) in [6.45, 7) is 1.60. The lowest BCUT2D eigenvalue weighted by Gasteiger charge is -2.14. The molecule has 2 heterocycles. The molecule has 1 aliphatic heterocycles. The van der Waals surface area contributed by atoms with Gasteiger partial charge in [-0.25, -0.2) is 4.79 Å². The summed E-state index contributed by atoms with van der Waals surface area (Å²) in [5, 5.41) is 20.0. The summed E-state index contributed by atoms with van der Waals surface area (Å²) in [6.07, 6.45) is 2.11. The van der Waals surface area contributed by atoms with Crippen molar-refractivity contribution in [1.29, 1.82) is 5.26 Å². The fourth-order valence-electron chi connectivity index (χ4n) is 3.16. The molecule has 0 bridgehead atoms. The van der Waals surface area contributed by atoms with E-state index in [1.54, 1.807) is 6.07 Å². The molecule has 3 aromatic rings. The highest BCUT2D eigenvalue weighted by Crippen LogP contribution is 2.27. The van der Waals surface area contributed by atoms with Crippen molar-refractivity contribution in [3.63, 3.8) is 0 Å². The van der Waals surface area contributed by atoms with Crippen LogP contribution in [-0.2, 0) is 0 Å². The Bertz CT molecular complexity index is 979. The van der Waals surface area contributed by atoms with E-state index in [4.69, 9.17) is 5.26 Å². The molecule has 0 aliphatic carbocycles. The summed E-state index contributed by atoms with van der Waals surface area (Å²) in [6, 6.07) is 15.4. The average Bonchev–Trinajstić information content (AvgIpc) is 3.32. The van der Waals surface area contributed by atoms with Crippen molar-refractivity contribution in [3.8, 4) is 17.2 Å². The number of fused-ring (bicyclic) bond motifs is 1. The van der Waals surface area contributed by atoms with Crippen molar-refractivity contribution in [2.75, 3.05) is 18.4 Å². The van der Waals surface area contributed by atoms with Gasteiger partial charge in [0.05, 0.1) is 17.1 Å². The van der Waals surface area contributed by atoms with E-state index in [9.17, 15) is 4.79 Å². The van der Waals surface area contributed by atoms with Crippen molar-refractivity contribution in [1.82, 2.24) is 15.1 Å². The number of carbonyl (C=O) groups is 1. The van der Waals surface area contributed by atoms with Gasteiger partial charge in [0.15, 0.2) is 5.82 Å². The molecule has 1 saturated heterocycles. The maximum Gasteiger partial charge on any atom is 0.323 e. The van der Waals surface area contributed by atoms with Crippen LogP contribution in [0.2, 0.25) is 0 Å². The number of hydrogen-bond acceptors (Lipinski definition) is 3. The molecule has 1 aromatic heterocycles. The second-order valence-corrected chi connectivity index (χ2v) is 6.15. The minimum Gasteiger partial charge on any atom is -0.324 e. The molecule has 0 unspecified atom stereocenters. The van der Waals surface area contributed by atoms with Gasteiger partial charge < -0.3 is 4.90 Å². The van der Waals surface area contributed by atoms with Crippen LogP contribution >= 0.6 is 0 Å². The summed E-state index contributed by atoms with van der Waals surface area (Å²) < 4.78 is 0. The molecule has 1 aliphatic rings. The summed E-state index contributed by atoms with van der Waals surface area (Å²) in [5.74, 6) is 0.546.